The molecule has 9 heteroatoms. The van der Waals surface area contributed by atoms with Gasteiger partial charge in [0.15, 0.2) is 5.41 Å². The Morgan fingerprint density at radius 2 is 1.50 bits per heavy atom. The van der Waals surface area contributed by atoms with Gasteiger partial charge >= 0.3 is 18.3 Å². The van der Waals surface area contributed by atoms with Gasteiger partial charge < -0.3 is 5.11 Å². The fourth-order valence-corrected chi connectivity index (χ4v) is 3.23. The molecular weight excluding hydrogens is 340 g/mol. The maximum absolute atomic E-state index is 12.9. The molecule has 1 aliphatic carbocycles. The summed E-state index contributed by atoms with van der Waals surface area (Å²) in [5, 5.41) is 18.4. The first-order valence-electron chi connectivity index (χ1n) is 6.63. The number of aliphatic carboxylic acids is 1. The monoisotopic (exact) mass is 351 g/mol. The Kier molecular flexibility index (Phi) is 3.68. The number of rotatable bonds is 2. The SMILES string of the molecule is CC1(C)C(c2cc(C(F)(F)F)cc(C(F)(F)F)c2)C1(C#N)C(=O)O. The number of carboxylic acids is 1. The van der Waals surface area contributed by atoms with Gasteiger partial charge in [0.25, 0.3) is 0 Å². The van der Waals surface area contributed by atoms with Crippen molar-refractivity contribution in [3.8, 4) is 6.07 Å². The maximum Gasteiger partial charge on any atom is 0.416 e. The molecule has 2 rings (SSSR count). The average molecular weight is 351 g/mol. The van der Waals surface area contributed by atoms with Crippen molar-refractivity contribution in [2.45, 2.75) is 32.1 Å². The van der Waals surface area contributed by atoms with Crippen molar-refractivity contribution in [1.82, 2.24) is 0 Å². The molecule has 0 heterocycles. The van der Waals surface area contributed by atoms with Crippen LogP contribution in [0.1, 0.15) is 36.5 Å². The van der Waals surface area contributed by atoms with Gasteiger partial charge in [0.2, 0.25) is 0 Å². The first-order valence-corrected chi connectivity index (χ1v) is 6.63. The molecule has 0 aliphatic heterocycles. The van der Waals surface area contributed by atoms with Gasteiger partial charge in [-0.05, 0) is 23.8 Å². The summed E-state index contributed by atoms with van der Waals surface area (Å²) >= 11 is 0. The van der Waals surface area contributed by atoms with Crippen molar-refractivity contribution in [2.24, 2.45) is 10.8 Å². The van der Waals surface area contributed by atoms with Crippen molar-refractivity contribution >= 4 is 5.97 Å². The van der Waals surface area contributed by atoms with Crippen molar-refractivity contribution < 1.29 is 36.2 Å². The Bertz CT molecular complexity index is 712. The van der Waals surface area contributed by atoms with E-state index in [0.29, 0.717) is 12.1 Å². The van der Waals surface area contributed by atoms with Gasteiger partial charge in [-0.25, -0.2) is 0 Å². The molecule has 1 fully saturated rings. The van der Waals surface area contributed by atoms with Crippen LogP contribution in [-0.2, 0) is 17.1 Å². The van der Waals surface area contributed by atoms with Crippen LogP contribution in [0.25, 0.3) is 0 Å². The number of nitriles is 1. The first kappa shape index (κ1) is 18.1. The van der Waals surface area contributed by atoms with Crippen LogP contribution >= 0.6 is 0 Å². The predicted octanol–water partition coefficient (Wildman–Crippen LogP) is 4.44. The second-order valence-corrected chi connectivity index (χ2v) is 6.22. The highest BCUT2D eigenvalue weighted by atomic mass is 19.4. The Morgan fingerprint density at radius 1 is 1.08 bits per heavy atom. The van der Waals surface area contributed by atoms with Crippen molar-refractivity contribution in [2.75, 3.05) is 0 Å². The van der Waals surface area contributed by atoms with Crippen LogP contribution in [0.3, 0.4) is 0 Å². The molecule has 1 saturated carbocycles. The molecule has 1 aliphatic rings. The minimum Gasteiger partial charge on any atom is -0.480 e. The molecule has 0 aromatic heterocycles. The summed E-state index contributed by atoms with van der Waals surface area (Å²) in [6.45, 7) is 2.64. The molecule has 0 spiro atoms. The summed E-state index contributed by atoms with van der Waals surface area (Å²) < 4.78 is 77.4. The molecule has 0 bridgehead atoms. The number of carboxylic acid groups (broad SMARTS) is 1. The molecule has 1 aromatic carbocycles. The molecule has 0 saturated heterocycles. The number of carbonyl (C=O) groups is 1. The zero-order valence-corrected chi connectivity index (χ0v) is 12.4. The highest BCUT2D eigenvalue weighted by molar-refractivity contribution is 5.86. The zero-order valence-electron chi connectivity index (χ0n) is 12.4. The lowest BCUT2D eigenvalue weighted by atomic mass is 9.96. The standard InChI is InChI=1S/C15H11F6NO2/c1-12(2)10(13(12,6-22)11(23)24)7-3-8(14(16,17)18)5-9(4-7)15(19,20)21/h3-5,10H,1-2H3,(H,23,24). The number of hydrogen-bond acceptors (Lipinski definition) is 2. The Morgan fingerprint density at radius 3 is 1.75 bits per heavy atom. The number of benzene rings is 1. The van der Waals surface area contributed by atoms with Crippen LogP contribution < -0.4 is 0 Å². The number of alkyl halides is 6. The van der Waals surface area contributed by atoms with E-state index in [4.69, 9.17) is 0 Å². The van der Waals surface area contributed by atoms with E-state index < -0.39 is 51.8 Å². The van der Waals surface area contributed by atoms with Crippen LogP contribution in [-0.4, -0.2) is 11.1 Å². The van der Waals surface area contributed by atoms with E-state index >= 15 is 0 Å². The number of nitrogens with zero attached hydrogens (tertiary/aromatic N) is 1. The van der Waals surface area contributed by atoms with E-state index in [9.17, 15) is 41.5 Å². The number of halogens is 6. The van der Waals surface area contributed by atoms with Crippen LogP contribution in [0, 0.1) is 22.2 Å². The van der Waals surface area contributed by atoms with Gasteiger partial charge in [-0.15, -0.1) is 0 Å². The van der Waals surface area contributed by atoms with E-state index in [0.717, 1.165) is 0 Å². The average Bonchev–Trinajstić information content (AvgIpc) is 2.93. The summed E-state index contributed by atoms with van der Waals surface area (Å²) in [6, 6.07) is 2.46. The second-order valence-electron chi connectivity index (χ2n) is 6.22. The largest absolute Gasteiger partial charge is 0.480 e. The molecule has 2 unspecified atom stereocenters. The predicted molar refractivity (Wildman–Crippen MR) is 68.6 cm³/mol. The Balaban J connectivity index is 2.69. The molecule has 24 heavy (non-hydrogen) atoms. The third-order valence-corrected chi connectivity index (χ3v) is 4.54. The lowest BCUT2D eigenvalue weighted by Crippen LogP contribution is -2.19. The minimum atomic E-state index is -5.03. The summed E-state index contributed by atoms with van der Waals surface area (Å²) in [4.78, 5) is 11.4. The maximum atomic E-state index is 12.9. The van der Waals surface area contributed by atoms with Crippen LogP contribution in [0.5, 0.6) is 0 Å². The Labute approximate surface area is 132 Å². The molecule has 1 aromatic rings. The summed E-state index contributed by atoms with van der Waals surface area (Å²) in [6.07, 6.45) is -10.1. The van der Waals surface area contributed by atoms with Crippen molar-refractivity contribution in [3.05, 3.63) is 34.9 Å². The Hall–Kier alpha value is -2.24. The normalized spacial score (nSPS) is 25.9. The fourth-order valence-electron chi connectivity index (χ4n) is 3.23. The summed E-state index contributed by atoms with van der Waals surface area (Å²) in [5.41, 5.74) is -6.91. The van der Waals surface area contributed by atoms with E-state index in [-0.39, 0.29) is 6.07 Å². The second kappa shape index (κ2) is 4.88. The molecular formula is C15H11F6NO2. The van der Waals surface area contributed by atoms with Crippen molar-refractivity contribution in [3.63, 3.8) is 0 Å². The van der Waals surface area contributed by atoms with E-state index in [1.807, 2.05) is 0 Å². The van der Waals surface area contributed by atoms with Gasteiger partial charge in [-0.2, -0.15) is 31.6 Å². The zero-order chi connectivity index (χ0) is 18.7. The van der Waals surface area contributed by atoms with Gasteiger partial charge in [0.05, 0.1) is 17.2 Å². The summed E-state index contributed by atoms with van der Waals surface area (Å²) in [5.74, 6) is -2.86. The molecule has 0 radical (unpaired) electrons. The molecule has 130 valence electrons. The van der Waals surface area contributed by atoms with Crippen LogP contribution in [0.4, 0.5) is 26.3 Å². The minimum absolute atomic E-state index is 0.0340. The highest BCUT2D eigenvalue weighted by Crippen LogP contribution is 2.74. The van der Waals surface area contributed by atoms with Gasteiger partial charge in [0.1, 0.15) is 0 Å². The van der Waals surface area contributed by atoms with Crippen LogP contribution in [0.2, 0.25) is 0 Å². The third kappa shape index (κ3) is 2.41. The van der Waals surface area contributed by atoms with Gasteiger partial charge in [-0.1, -0.05) is 13.8 Å². The lowest BCUT2D eigenvalue weighted by Gasteiger charge is -2.14. The molecule has 2 atom stereocenters. The molecule has 3 nitrogen and oxygen atoms in total. The quantitative estimate of drug-likeness (QED) is 0.801. The topological polar surface area (TPSA) is 61.1 Å². The smallest absolute Gasteiger partial charge is 0.416 e. The van der Waals surface area contributed by atoms with Gasteiger partial charge in [-0.3, -0.25) is 4.79 Å². The van der Waals surface area contributed by atoms with Gasteiger partial charge in [0, 0.05) is 11.3 Å². The van der Waals surface area contributed by atoms with Crippen molar-refractivity contribution in [1.29, 1.82) is 5.26 Å². The third-order valence-electron chi connectivity index (χ3n) is 4.54. The highest BCUT2D eigenvalue weighted by Gasteiger charge is 2.77. The first-order chi connectivity index (χ1) is 10.7. The van der Waals surface area contributed by atoms with E-state index in [2.05, 4.69) is 0 Å². The summed E-state index contributed by atoms with van der Waals surface area (Å²) in [7, 11) is 0. The number of hydrogen-bond donors (Lipinski definition) is 1. The van der Waals surface area contributed by atoms with E-state index in [1.165, 1.54) is 13.8 Å². The fraction of sp³-hybridized carbons (Fsp3) is 0.467. The molecule has 1 N–H and O–H groups in total. The van der Waals surface area contributed by atoms with Crippen LogP contribution in [0.15, 0.2) is 18.2 Å². The molecule has 0 amide bonds. The van der Waals surface area contributed by atoms with E-state index in [1.54, 1.807) is 6.07 Å². The lowest BCUT2D eigenvalue weighted by molar-refractivity contribution is -0.143.